The molecule has 0 atom stereocenters. The highest BCUT2D eigenvalue weighted by Crippen LogP contribution is 2.39. The van der Waals surface area contributed by atoms with Gasteiger partial charge in [0.05, 0.1) is 11.9 Å². The Labute approximate surface area is 180 Å². The van der Waals surface area contributed by atoms with Crippen LogP contribution in [0.1, 0.15) is 31.5 Å². The molecule has 0 unspecified atom stereocenters. The summed E-state index contributed by atoms with van der Waals surface area (Å²) in [6.45, 7) is 3.28. The molecule has 1 aromatic carbocycles. The molecule has 2 saturated heterocycles. The minimum Gasteiger partial charge on any atom is -0.396 e. The summed E-state index contributed by atoms with van der Waals surface area (Å²) in [7, 11) is 0. The van der Waals surface area contributed by atoms with E-state index in [-0.39, 0.29) is 12.5 Å². The van der Waals surface area contributed by atoms with Crippen LogP contribution in [-0.2, 0) is 11.3 Å². The Balaban J connectivity index is 1.57. The molecule has 0 bridgehead atoms. The second-order valence-corrected chi connectivity index (χ2v) is 9.05. The number of hydrogen-bond acceptors (Lipinski definition) is 6. The standard InChI is InChI=1S/C23H26N4O2S/c28-14-16-8-11-26(12-9-16)22-21-18(17-5-2-1-3-6-17)15-30-23(21)25-19(24-22)13-27-10-4-7-20(27)29/h1-3,5-6,15-16,28H,4,7-14H2. The summed E-state index contributed by atoms with van der Waals surface area (Å²) >= 11 is 1.64. The molecule has 3 aromatic rings. The van der Waals surface area contributed by atoms with Crippen LogP contribution < -0.4 is 4.90 Å². The van der Waals surface area contributed by atoms with Gasteiger partial charge in [-0.05, 0) is 30.7 Å². The summed E-state index contributed by atoms with van der Waals surface area (Å²) in [4.78, 5) is 27.2. The molecule has 5 rings (SSSR count). The minimum atomic E-state index is 0.195. The van der Waals surface area contributed by atoms with E-state index in [4.69, 9.17) is 9.97 Å². The van der Waals surface area contributed by atoms with E-state index in [1.807, 2.05) is 11.0 Å². The maximum absolute atomic E-state index is 12.1. The SMILES string of the molecule is O=C1CCCN1Cc1nc(N2CCC(CO)CC2)c2c(-c3ccccc3)csc2n1. The van der Waals surface area contributed by atoms with Gasteiger partial charge in [-0.25, -0.2) is 9.97 Å². The molecule has 6 nitrogen and oxygen atoms in total. The molecule has 2 aliphatic heterocycles. The van der Waals surface area contributed by atoms with Gasteiger partial charge < -0.3 is 14.9 Å². The third-order valence-corrected chi connectivity index (χ3v) is 7.09. The van der Waals surface area contributed by atoms with Gasteiger partial charge in [0, 0.05) is 43.6 Å². The lowest BCUT2D eigenvalue weighted by atomic mass is 9.97. The van der Waals surface area contributed by atoms with Gasteiger partial charge >= 0.3 is 0 Å². The fourth-order valence-corrected chi connectivity index (χ4v) is 5.43. The lowest BCUT2D eigenvalue weighted by Gasteiger charge is -2.32. The van der Waals surface area contributed by atoms with Crippen LogP contribution in [0.25, 0.3) is 21.3 Å². The van der Waals surface area contributed by atoms with E-state index < -0.39 is 0 Å². The first-order chi connectivity index (χ1) is 14.7. The smallest absolute Gasteiger partial charge is 0.223 e. The lowest BCUT2D eigenvalue weighted by Crippen LogP contribution is -2.36. The number of fused-ring (bicyclic) bond motifs is 1. The zero-order valence-electron chi connectivity index (χ0n) is 17.0. The number of carbonyl (C=O) groups is 1. The largest absolute Gasteiger partial charge is 0.396 e. The Morgan fingerprint density at radius 2 is 1.90 bits per heavy atom. The van der Waals surface area contributed by atoms with Gasteiger partial charge in [-0.1, -0.05) is 30.3 Å². The topological polar surface area (TPSA) is 69.6 Å². The minimum absolute atomic E-state index is 0.195. The van der Waals surface area contributed by atoms with Gasteiger partial charge in [-0.15, -0.1) is 11.3 Å². The fraction of sp³-hybridized carbons (Fsp3) is 0.435. The number of aromatic nitrogens is 2. The third kappa shape index (κ3) is 3.68. The zero-order valence-corrected chi connectivity index (χ0v) is 17.8. The van der Waals surface area contributed by atoms with Gasteiger partial charge in [-0.2, -0.15) is 0 Å². The number of carbonyl (C=O) groups excluding carboxylic acids is 1. The van der Waals surface area contributed by atoms with Crippen molar-refractivity contribution in [1.29, 1.82) is 0 Å². The van der Waals surface area contributed by atoms with Gasteiger partial charge in [0.25, 0.3) is 0 Å². The van der Waals surface area contributed by atoms with Crippen molar-refractivity contribution < 1.29 is 9.90 Å². The molecule has 0 saturated carbocycles. The monoisotopic (exact) mass is 422 g/mol. The fourth-order valence-electron chi connectivity index (χ4n) is 4.47. The molecule has 0 aliphatic carbocycles. The number of benzene rings is 1. The third-order valence-electron chi connectivity index (χ3n) is 6.22. The second-order valence-electron chi connectivity index (χ2n) is 8.19. The molecule has 0 radical (unpaired) electrons. The highest BCUT2D eigenvalue weighted by atomic mass is 32.1. The summed E-state index contributed by atoms with van der Waals surface area (Å²) in [5.41, 5.74) is 2.33. The molecular weight excluding hydrogens is 396 g/mol. The molecule has 2 fully saturated rings. The van der Waals surface area contributed by atoms with Crippen molar-refractivity contribution in [3.05, 3.63) is 41.5 Å². The van der Waals surface area contributed by atoms with Gasteiger partial charge in [-0.3, -0.25) is 4.79 Å². The van der Waals surface area contributed by atoms with E-state index in [1.54, 1.807) is 11.3 Å². The van der Waals surface area contributed by atoms with Crippen molar-refractivity contribution in [3.8, 4) is 11.1 Å². The van der Waals surface area contributed by atoms with E-state index >= 15 is 0 Å². The van der Waals surface area contributed by atoms with Crippen molar-refractivity contribution in [3.63, 3.8) is 0 Å². The number of amides is 1. The maximum Gasteiger partial charge on any atom is 0.223 e. The van der Waals surface area contributed by atoms with Crippen LogP contribution in [0.15, 0.2) is 35.7 Å². The van der Waals surface area contributed by atoms with Crippen LogP contribution in [0.2, 0.25) is 0 Å². The van der Waals surface area contributed by atoms with Crippen LogP contribution in [-0.4, -0.2) is 52.1 Å². The van der Waals surface area contributed by atoms with Crippen LogP contribution in [0.3, 0.4) is 0 Å². The number of aliphatic hydroxyl groups excluding tert-OH is 1. The van der Waals surface area contributed by atoms with Gasteiger partial charge in [0.1, 0.15) is 10.6 Å². The van der Waals surface area contributed by atoms with Gasteiger partial charge in [0.15, 0.2) is 5.82 Å². The summed E-state index contributed by atoms with van der Waals surface area (Å²) in [5.74, 6) is 2.26. The molecule has 2 aliphatic rings. The zero-order chi connectivity index (χ0) is 20.5. The molecule has 1 amide bonds. The van der Waals surface area contributed by atoms with Crippen molar-refractivity contribution in [2.45, 2.75) is 32.2 Å². The summed E-state index contributed by atoms with van der Waals surface area (Å²) < 4.78 is 0. The van der Waals surface area contributed by atoms with Crippen molar-refractivity contribution in [2.24, 2.45) is 5.92 Å². The number of thiophene rings is 1. The van der Waals surface area contributed by atoms with E-state index in [9.17, 15) is 9.90 Å². The van der Waals surface area contributed by atoms with E-state index in [0.717, 1.165) is 60.8 Å². The molecule has 156 valence electrons. The van der Waals surface area contributed by atoms with E-state index in [0.29, 0.717) is 18.9 Å². The number of anilines is 1. The molecule has 0 spiro atoms. The predicted octanol–water partition coefficient (Wildman–Crippen LogP) is 3.69. The molecule has 30 heavy (non-hydrogen) atoms. The van der Waals surface area contributed by atoms with Crippen LogP contribution in [0.5, 0.6) is 0 Å². The van der Waals surface area contributed by atoms with E-state index in [1.165, 1.54) is 11.1 Å². The predicted molar refractivity (Wildman–Crippen MR) is 120 cm³/mol. The Bertz CT molecular complexity index is 1040. The first-order valence-electron chi connectivity index (χ1n) is 10.7. The highest BCUT2D eigenvalue weighted by molar-refractivity contribution is 7.17. The van der Waals surface area contributed by atoms with Crippen molar-refractivity contribution in [1.82, 2.24) is 14.9 Å². The number of hydrogen-bond donors (Lipinski definition) is 1. The Morgan fingerprint density at radius 3 is 2.60 bits per heavy atom. The average Bonchev–Trinajstić information content (AvgIpc) is 3.40. The Morgan fingerprint density at radius 1 is 1.10 bits per heavy atom. The first kappa shape index (κ1) is 19.5. The summed E-state index contributed by atoms with van der Waals surface area (Å²) in [5, 5.41) is 12.8. The normalized spacial score (nSPS) is 18.0. The number of piperidine rings is 1. The highest BCUT2D eigenvalue weighted by Gasteiger charge is 2.26. The van der Waals surface area contributed by atoms with Crippen LogP contribution in [0.4, 0.5) is 5.82 Å². The molecule has 7 heteroatoms. The quantitative estimate of drug-likeness (QED) is 0.679. The van der Waals surface area contributed by atoms with Gasteiger partial charge in [0.2, 0.25) is 5.91 Å². The second kappa shape index (κ2) is 8.32. The number of rotatable bonds is 5. The van der Waals surface area contributed by atoms with Crippen LogP contribution in [0, 0.1) is 5.92 Å². The number of nitrogens with zero attached hydrogens (tertiary/aromatic N) is 4. The average molecular weight is 423 g/mol. The maximum atomic E-state index is 12.1. The molecular formula is C23H26N4O2S. The Hall–Kier alpha value is -2.51. The molecule has 1 N–H and O–H groups in total. The molecule has 4 heterocycles. The summed E-state index contributed by atoms with van der Waals surface area (Å²) in [6.07, 6.45) is 3.47. The lowest BCUT2D eigenvalue weighted by molar-refractivity contribution is -0.128. The summed E-state index contributed by atoms with van der Waals surface area (Å²) in [6, 6.07) is 10.4. The first-order valence-corrected chi connectivity index (χ1v) is 11.6. The van der Waals surface area contributed by atoms with Crippen molar-refractivity contribution >= 4 is 33.3 Å². The molecule has 2 aromatic heterocycles. The number of likely N-dealkylation sites (tertiary alicyclic amines) is 1. The number of aliphatic hydroxyl groups is 1. The van der Waals surface area contributed by atoms with Crippen molar-refractivity contribution in [2.75, 3.05) is 31.1 Å². The van der Waals surface area contributed by atoms with Crippen LogP contribution >= 0.6 is 11.3 Å². The Kier molecular flexibility index (Phi) is 5.39. The van der Waals surface area contributed by atoms with E-state index in [2.05, 4.69) is 34.5 Å².